The molecular weight excluding hydrogens is 290 g/mol. The largest absolute Gasteiger partial charge is 0.352 e. The molecule has 5 heteroatoms. The van der Waals surface area contributed by atoms with Crippen molar-refractivity contribution in [3.63, 3.8) is 0 Å². The molecule has 2 heterocycles. The van der Waals surface area contributed by atoms with Crippen LogP contribution in [0.5, 0.6) is 0 Å². The number of carbonyl (C=O) groups excluding carboxylic acids is 2. The van der Waals surface area contributed by atoms with Crippen molar-refractivity contribution in [3.8, 4) is 0 Å². The van der Waals surface area contributed by atoms with E-state index in [1.165, 1.54) is 25.7 Å². The maximum absolute atomic E-state index is 12.5. The number of likely N-dealkylation sites (tertiary alicyclic amines) is 1. The molecule has 3 fully saturated rings. The van der Waals surface area contributed by atoms with Crippen LogP contribution in [-0.2, 0) is 9.59 Å². The molecule has 0 spiro atoms. The van der Waals surface area contributed by atoms with Gasteiger partial charge in [-0.1, -0.05) is 26.7 Å². The minimum absolute atomic E-state index is 0.00146. The maximum atomic E-state index is 12.5. The molecule has 3 aliphatic rings. The molecule has 23 heavy (non-hydrogen) atoms. The molecule has 3 atom stereocenters. The van der Waals surface area contributed by atoms with E-state index in [-0.39, 0.29) is 29.8 Å². The fourth-order valence-corrected chi connectivity index (χ4v) is 4.43. The van der Waals surface area contributed by atoms with Crippen LogP contribution in [0.2, 0.25) is 0 Å². The molecule has 130 valence electrons. The number of nitrogens with one attached hydrogen (secondary N) is 2. The Morgan fingerprint density at radius 3 is 2.43 bits per heavy atom. The molecule has 5 nitrogen and oxygen atoms in total. The number of carbonyl (C=O) groups is 2. The predicted octanol–water partition coefficient (Wildman–Crippen LogP) is 1.67. The fraction of sp³-hybridized carbons (Fsp3) is 0.889. The van der Waals surface area contributed by atoms with Gasteiger partial charge in [0.15, 0.2) is 0 Å². The van der Waals surface area contributed by atoms with E-state index in [0.29, 0.717) is 12.0 Å². The second-order valence-corrected chi connectivity index (χ2v) is 7.87. The van der Waals surface area contributed by atoms with Crippen LogP contribution in [0.3, 0.4) is 0 Å². The average Bonchev–Trinajstić information content (AvgIpc) is 2.99. The Morgan fingerprint density at radius 1 is 1.09 bits per heavy atom. The third-order valence-electron chi connectivity index (χ3n) is 5.83. The van der Waals surface area contributed by atoms with Crippen molar-refractivity contribution in [2.24, 2.45) is 11.8 Å². The van der Waals surface area contributed by atoms with Gasteiger partial charge in [-0.15, -0.1) is 0 Å². The van der Waals surface area contributed by atoms with Crippen molar-refractivity contribution in [2.75, 3.05) is 13.1 Å². The second-order valence-electron chi connectivity index (χ2n) is 7.87. The molecule has 0 radical (unpaired) electrons. The molecule has 0 bridgehead atoms. The minimum atomic E-state index is -0.00146. The number of amides is 2. The molecule has 2 aliphatic heterocycles. The molecule has 0 aromatic carbocycles. The van der Waals surface area contributed by atoms with E-state index in [2.05, 4.69) is 10.6 Å². The number of rotatable bonds is 3. The van der Waals surface area contributed by atoms with Crippen LogP contribution < -0.4 is 10.6 Å². The molecule has 1 saturated carbocycles. The first-order valence-electron chi connectivity index (χ1n) is 9.40. The first kappa shape index (κ1) is 16.7. The van der Waals surface area contributed by atoms with E-state index >= 15 is 0 Å². The maximum Gasteiger partial charge on any atom is 0.237 e. The topological polar surface area (TPSA) is 61.4 Å². The monoisotopic (exact) mass is 321 g/mol. The third kappa shape index (κ3) is 3.87. The Kier molecular flexibility index (Phi) is 5.24. The van der Waals surface area contributed by atoms with E-state index in [0.717, 1.165) is 32.4 Å². The van der Waals surface area contributed by atoms with Crippen molar-refractivity contribution in [3.05, 3.63) is 0 Å². The molecule has 2 N–H and O–H groups in total. The zero-order valence-electron chi connectivity index (χ0n) is 14.5. The first-order chi connectivity index (χ1) is 11.0. The first-order valence-corrected chi connectivity index (χ1v) is 9.40. The van der Waals surface area contributed by atoms with Gasteiger partial charge in [0.1, 0.15) is 0 Å². The molecule has 0 aromatic heterocycles. The van der Waals surface area contributed by atoms with Gasteiger partial charge >= 0.3 is 0 Å². The van der Waals surface area contributed by atoms with Gasteiger partial charge in [-0.05, 0) is 38.0 Å². The average molecular weight is 321 g/mol. The summed E-state index contributed by atoms with van der Waals surface area (Å²) in [5, 5.41) is 6.77. The highest BCUT2D eigenvalue weighted by Crippen LogP contribution is 2.33. The van der Waals surface area contributed by atoms with Crippen LogP contribution in [0.15, 0.2) is 0 Å². The summed E-state index contributed by atoms with van der Waals surface area (Å²) in [6.45, 7) is 5.43. The lowest BCUT2D eigenvalue weighted by molar-refractivity contribution is -0.135. The quantitative estimate of drug-likeness (QED) is 0.831. The lowest BCUT2D eigenvalue weighted by Crippen LogP contribution is -2.51. The Bertz CT molecular complexity index is 430. The highest BCUT2D eigenvalue weighted by molar-refractivity contribution is 5.82. The van der Waals surface area contributed by atoms with E-state index in [1.54, 1.807) is 0 Å². The molecule has 3 unspecified atom stereocenters. The standard InChI is InChI=1S/C18H31N3O2/c1-12(2)18(23)21-9-7-14(8-10-21)19-17(22)16-11-13-5-3-4-6-15(13)20-16/h12-16,20H,3-11H2,1-2H3,(H,19,22). The van der Waals surface area contributed by atoms with Crippen LogP contribution in [0.1, 0.15) is 58.8 Å². The Balaban J connectivity index is 1.44. The van der Waals surface area contributed by atoms with Gasteiger partial charge < -0.3 is 15.5 Å². The van der Waals surface area contributed by atoms with Crippen LogP contribution >= 0.6 is 0 Å². The zero-order chi connectivity index (χ0) is 16.4. The van der Waals surface area contributed by atoms with E-state index in [9.17, 15) is 9.59 Å². The summed E-state index contributed by atoms with van der Waals surface area (Å²) in [7, 11) is 0. The number of nitrogens with zero attached hydrogens (tertiary/aromatic N) is 1. The van der Waals surface area contributed by atoms with Crippen molar-refractivity contribution >= 4 is 11.8 Å². The predicted molar refractivity (Wildman–Crippen MR) is 89.9 cm³/mol. The number of piperidine rings is 1. The number of hydrogen-bond acceptors (Lipinski definition) is 3. The van der Waals surface area contributed by atoms with E-state index in [4.69, 9.17) is 0 Å². The van der Waals surface area contributed by atoms with Crippen molar-refractivity contribution in [1.82, 2.24) is 15.5 Å². The second kappa shape index (κ2) is 7.20. The summed E-state index contributed by atoms with van der Waals surface area (Å²) < 4.78 is 0. The molecular formula is C18H31N3O2. The summed E-state index contributed by atoms with van der Waals surface area (Å²) in [5.74, 6) is 1.17. The lowest BCUT2D eigenvalue weighted by Gasteiger charge is -2.33. The Hall–Kier alpha value is -1.10. The summed E-state index contributed by atoms with van der Waals surface area (Å²) >= 11 is 0. The SMILES string of the molecule is CC(C)C(=O)N1CCC(NC(=O)C2CC3CCCCC3N2)CC1. The highest BCUT2D eigenvalue weighted by atomic mass is 16.2. The highest BCUT2D eigenvalue weighted by Gasteiger charge is 2.38. The van der Waals surface area contributed by atoms with Crippen molar-refractivity contribution in [2.45, 2.75) is 76.9 Å². The molecule has 0 aromatic rings. The molecule has 2 amide bonds. The molecule has 1 aliphatic carbocycles. The number of fused-ring (bicyclic) bond motifs is 1. The van der Waals surface area contributed by atoms with Crippen LogP contribution in [0.4, 0.5) is 0 Å². The van der Waals surface area contributed by atoms with Gasteiger partial charge in [0.2, 0.25) is 11.8 Å². The smallest absolute Gasteiger partial charge is 0.237 e. The van der Waals surface area contributed by atoms with Gasteiger partial charge in [-0.3, -0.25) is 9.59 Å². The summed E-state index contributed by atoms with van der Waals surface area (Å²) in [5.41, 5.74) is 0. The van der Waals surface area contributed by atoms with Crippen LogP contribution in [0, 0.1) is 11.8 Å². The molecule has 3 rings (SSSR count). The Morgan fingerprint density at radius 2 is 1.78 bits per heavy atom. The van der Waals surface area contributed by atoms with Gasteiger partial charge in [0.05, 0.1) is 6.04 Å². The van der Waals surface area contributed by atoms with Crippen molar-refractivity contribution < 1.29 is 9.59 Å². The lowest BCUT2D eigenvalue weighted by atomic mass is 9.85. The Labute approximate surface area is 139 Å². The fourth-order valence-electron chi connectivity index (χ4n) is 4.43. The van der Waals surface area contributed by atoms with Crippen molar-refractivity contribution in [1.29, 1.82) is 0 Å². The van der Waals surface area contributed by atoms with Gasteiger partial charge in [-0.25, -0.2) is 0 Å². The normalized spacial score (nSPS) is 32.0. The molecule has 2 saturated heterocycles. The number of hydrogen-bond donors (Lipinski definition) is 2. The third-order valence-corrected chi connectivity index (χ3v) is 5.83. The van der Waals surface area contributed by atoms with Gasteiger partial charge in [0.25, 0.3) is 0 Å². The van der Waals surface area contributed by atoms with Gasteiger partial charge in [0, 0.05) is 31.1 Å². The van der Waals surface area contributed by atoms with E-state index in [1.807, 2.05) is 18.7 Å². The zero-order valence-corrected chi connectivity index (χ0v) is 14.5. The van der Waals surface area contributed by atoms with E-state index < -0.39 is 0 Å². The van der Waals surface area contributed by atoms with Crippen LogP contribution in [0.25, 0.3) is 0 Å². The summed E-state index contributed by atoms with van der Waals surface area (Å²) in [4.78, 5) is 26.5. The summed E-state index contributed by atoms with van der Waals surface area (Å²) in [6.07, 6.45) is 7.88. The van der Waals surface area contributed by atoms with Gasteiger partial charge in [-0.2, -0.15) is 0 Å². The minimum Gasteiger partial charge on any atom is -0.352 e. The summed E-state index contributed by atoms with van der Waals surface area (Å²) in [6, 6.07) is 0.784. The van der Waals surface area contributed by atoms with Crippen LogP contribution in [-0.4, -0.2) is 47.9 Å².